The number of imide groups is 1. The van der Waals surface area contributed by atoms with Crippen LogP contribution in [0, 0.1) is 5.92 Å². The standard InChI is InChI=1S/C14H15NO3/c1-2-18-8-9-7-12(9)15-13(16)10-5-3-4-6-11(10)14(15)17/h3-6,9,12H,2,7-8H2,1H3/t9-,12+/m0/s1. The lowest BCUT2D eigenvalue weighted by molar-refractivity contribution is 0.0616. The molecule has 2 aliphatic rings. The quantitative estimate of drug-likeness (QED) is 0.759. The molecule has 4 nitrogen and oxygen atoms in total. The molecule has 0 N–H and O–H groups in total. The highest BCUT2D eigenvalue weighted by molar-refractivity contribution is 6.21. The molecular formula is C14H15NO3. The Balaban J connectivity index is 1.78. The Bertz CT molecular complexity index is 477. The lowest BCUT2D eigenvalue weighted by atomic mass is 10.1. The van der Waals surface area contributed by atoms with E-state index in [1.54, 1.807) is 24.3 Å². The lowest BCUT2D eigenvalue weighted by Crippen LogP contribution is -2.33. The van der Waals surface area contributed by atoms with Crippen molar-refractivity contribution in [2.24, 2.45) is 5.92 Å². The van der Waals surface area contributed by atoms with Crippen LogP contribution in [-0.4, -0.2) is 36.0 Å². The second-order valence-corrected chi connectivity index (χ2v) is 4.75. The zero-order chi connectivity index (χ0) is 12.7. The van der Waals surface area contributed by atoms with E-state index in [0.29, 0.717) is 30.3 Å². The summed E-state index contributed by atoms with van der Waals surface area (Å²) < 4.78 is 5.35. The molecule has 4 heteroatoms. The van der Waals surface area contributed by atoms with Crippen molar-refractivity contribution < 1.29 is 14.3 Å². The minimum Gasteiger partial charge on any atom is -0.381 e. The third-order valence-electron chi connectivity index (χ3n) is 3.58. The molecule has 1 fully saturated rings. The van der Waals surface area contributed by atoms with Crippen molar-refractivity contribution in [1.82, 2.24) is 4.90 Å². The Kier molecular flexibility index (Phi) is 2.67. The van der Waals surface area contributed by atoms with Gasteiger partial charge in [0.1, 0.15) is 0 Å². The monoisotopic (exact) mass is 245 g/mol. The van der Waals surface area contributed by atoms with Crippen LogP contribution >= 0.6 is 0 Å². The number of rotatable bonds is 4. The second-order valence-electron chi connectivity index (χ2n) is 4.75. The van der Waals surface area contributed by atoms with Gasteiger partial charge >= 0.3 is 0 Å². The summed E-state index contributed by atoms with van der Waals surface area (Å²) in [5, 5.41) is 0. The van der Waals surface area contributed by atoms with Crippen molar-refractivity contribution >= 4 is 11.8 Å². The van der Waals surface area contributed by atoms with E-state index in [1.165, 1.54) is 4.90 Å². The SMILES string of the molecule is CCOC[C@@H]1C[C@H]1N1C(=O)c2ccccc2C1=O. The number of carbonyl (C=O) groups excluding carboxylic acids is 2. The molecule has 0 aromatic heterocycles. The molecule has 0 radical (unpaired) electrons. The van der Waals surface area contributed by atoms with Gasteiger partial charge in [-0.15, -0.1) is 0 Å². The van der Waals surface area contributed by atoms with Gasteiger partial charge in [-0.1, -0.05) is 12.1 Å². The van der Waals surface area contributed by atoms with E-state index in [1.807, 2.05) is 6.92 Å². The molecule has 1 heterocycles. The predicted octanol–water partition coefficient (Wildman–Crippen LogP) is 1.71. The predicted molar refractivity (Wildman–Crippen MR) is 65.3 cm³/mol. The molecule has 1 aliphatic heterocycles. The number of ether oxygens (including phenoxy) is 1. The van der Waals surface area contributed by atoms with E-state index in [4.69, 9.17) is 4.74 Å². The van der Waals surface area contributed by atoms with Gasteiger partial charge in [-0.2, -0.15) is 0 Å². The maximum absolute atomic E-state index is 12.2. The average Bonchev–Trinajstić information content (AvgIpc) is 3.10. The summed E-state index contributed by atoms with van der Waals surface area (Å²) >= 11 is 0. The highest BCUT2D eigenvalue weighted by Crippen LogP contribution is 2.40. The lowest BCUT2D eigenvalue weighted by Gasteiger charge is -2.13. The molecule has 3 rings (SSSR count). The van der Waals surface area contributed by atoms with Crippen LogP contribution in [0.25, 0.3) is 0 Å². The molecule has 0 saturated heterocycles. The molecule has 1 aliphatic carbocycles. The first-order valence-electron chi connectivity index (χ1n) is 6.28. The first-order valence-corrected chi connectivity index (χ1v) is 6.28. The molecule has 2 amide bonds. The summed E-state index contributed by atoms with van der Waals surface area (Å²) in [6.07, 6.45) is 0.867. The summed E-state index contributed by atoms with van der Waals surface area (Å²) in [7, 11) is 0. The Labute approximate surface area is 106 Å². The highest BCUT2D eigenvalue weighted by atomic mass is 16.5. The zero-order valence-corrected chi connectivity index (χ0v) is 10.3. The van der Waals surface area contributed by atoms with E-state index in [0.717, 1.165) is 6.42 Å². The van der Waals surface area contributed by atoms with Crippen LogP contribution in [0.1, 0.15) is 34.1 Å². The summed E-state index contributed by atoms with van der Waals surface area (Å²) in [6, 6.07) is 7.05. The number of carbonyl (C=O) groups is 2. The number of nitrogens with zero attached hydrogens (tertiary/aromatic N) is 1. The number of fused-ring (bicyclic) bond motifs is 1. The molecule has 1 saturated carbocycles. The van der Waals surface area contributed by atoms with Crippen LogP contribution < -0.4 is 0 Å². The van der Waals surface area contributed by atoms with Gasteiger partial charge in [0.2, 0.25) is 0 Å². The van der Waals surface area contributed by atoms with E-state index in [9.17, 15) is 9.59 Å². The number of hydrogen-bond donors (Lipinski definition) is 0. The molecule has 0 unspecified atom stereocenters. The van der Waals surface area contributed by atoms with Crippen molar-refractivity contribution in [3.05, 3.63) is 35.4 Å². The van der Waals surface area contributed by atoms with Crippen LogP contribution in [0.3, 0.4) is 0 Å². The molecular weight excluding hydrogens is 230 g/mol. The molecule has 0 spiro atoms. The van der Waals surface area contributed by atoms with Crippen molar-refractivity contribution in [2.45, 2.75) is 19.4 Å². The summed E-state index contributed by atoms with van der Waals surface area (Å²) in [5.41, 5.74) is 1.06. The van der Waals surface area contributed by atoms with E-state index in [-0.39, 0.29) is 17.9 Å². The first-order chi connectivity index (χ1) is 8.74. The molecule has 0 bridgehead atoms. The average molecular weight is 245 g/mol. The maximum atomic E-state index is 12.2. The fourth-order valence-electron chi connectivity index (χ4n) is 2.51. The molecule has 1 aromatic rings. The zero-order valence-electron chi connectivity index (χ0n) is 10.3. The summed E-state index contributed by atoms with van der Waals surface area (Å²) in [6.45, 7) is 3.25. The normalized spacial score (nSPS) is 25.5. The molecule has 1 aromatic carbocycles. The van der Waals surface area contributed by atoms with Gasteiger partial charge in [0.05, 0.1) is 17.7 Å². The van der Waals surface area contributed by atoms with Crippen LogP contribution in [0.2, 0.25) is 0 Å². The van der Waals surface area contributed by atoms with Gasteiger partial charge < -0.3 is 4.74 Å². The van der Waals surface area contributed by atoms with Crippen LogP contribution in [0.5, 0.6) is 0 Å². The fourth-order valence-corrected chi connectivity index (χ4v) is 2.51. The van der Waals surface area contributed by atoms with Gasteiger partial charge in [0, 0.05) is 18.6 Å². The topological polar surface area (TPSA) is 46.6 Å². The van der Waals surface area contributed by atoms with Crippen molar-refractivity contribution in [1.29, 1.82) is 0 Å². The second kappa shape index (κ2) is 4.21. The third kappa shape index (κ3) is 1.64. The number of amides is 2. The summed E-state index contributed by atoms with van der Waals surface area (Å²) in [4.78, 5) is 25.8. The highest BCUT2D eigenvalue weighted by Gasteiger charge is 2.50. The van der Waals surface area contributed by atoms with E-state index >= 15 is 0 Å². The Morgan fingerprint density at radius 3 is 2.39 bits per heavy atom. The summed E-state index contributed by atoms with van der Waals surface area (Å²) in [5.74, 6) is 0.00589. The minimum atomic E-state index is -0.153. The van der Waals surface area contributed by atoms with Crippen molar-refractivity contribution in [3.8, 4) is 0 Å². The maximum Gasteiger partial charge on any atom is 0.261 e. The van der Waals surface area contributed by atoms with Crippen LogP contribution in [0.4, 0.5) is 0 Å². The van der Waals surface area contributed by atoms with Gasteiger partial charge in [0.25, 0.3) is 11.8 Å². The Morgan fingerprint density at radius 1 is 1.22 bits per heavy atom. The number of benzene rings is 1. The third-order valence-corrected chi connectivity index (χ3v) is 3.58. The minimum absolute atomic E-state index is 0.0314. The van der Waals surface area contributed by atoms with E-state index < -0.39 is 0 Å². The largest absolute Gasteiger partial charge is 0.381 e. The molecule has 94 valence electrons. The van der Waals surface area contributed by atoms with Gasteiger partial charge in [-0.05, 0) is 25.5 Å². The van der Waals surface area contributed by atoms with Crippen LogP contribution in [-0.2, 0) is 4.74 Å². The number of hydrogen-bond acceptors (Lipinski definition) is 3. The van der Waals surface area contributed by atoms with Gasteiger partial charge in [-0.3, -0.25) is 14.5 Å². The molecule has 2 atom stereocenters. The van der Waals surface area contributed by atoms with Crippen molar-refractivity contribution in [2.75, 3.05) is 13.2 Å². The Morgan fingerprint density at radius 2 is 1.83 bits per heavy atom. The molecule has 18 heavy (non-hydrogen) atoms. The van der Waals surface area contributed by atoms with Crippen molar-refractivity contribution in [3.63, 3.8) is 0 Å². The first kappa shape index (κ1) is 11.4. The fraction of sp³-hybridized carbons (Fsp3) is 0.429. The van der Waals surface area contributed by atoms with E-state index in [2.05, 4.69) is 0 Å². The van der Waals surface area contributed by atoms with Gasteiger partial charge in [-0.25, -0.2) is 0 Å². The smallest absolute Gasteiger partial charge is 0.261 e. The van der Waals surface area contributed by atoms with Gasteiger partial charge in [0.15, 0.2) is 0 Å². The Hall–Kier alpha value is -1.68. The van der Waals surface area contributed by atoms with Crippen LogP contribution in [0.15, 0.2) is 24.3 Å².